The van der Waals surface area contributed by atoms with Crippen LogP contribution in [-0.4, -0.2) is 52.9 Å². The smallest absolute Gasteiger partial charge is 1.00 e. The fourth-order valence-electron chi connectivity index (χ4n) is 1.96. The molecule has 0 aromatic rings. The van der Waals surface area contributed by atoms with E-state index in [2.05, 4.69) is 12.2 Å². The zero-order valence-corrected chi connectivity index (χ0v) is 21.3. The van der Waals surface area contributed by atoms with Crippen LogP contribution in [0.25, 0.3) is 0 Å². The number of carboxylic acid groups (broad SMARTS) is 3. The average molecular weight is 433 g/mol. The van der Waals surface area contributed by atoms with Gasteiger partial charge in [-0.05, 0) is 13.0 Å². The summed E-state index contributed by atoms with van der Waals surface area (Å²) in [5, 5.41) is 25.6. The molecule has 0 saturated heterocycles. The predicted molar refractivity (Wildman–Crippen MR) is 115 cm³/mol. The van der Waals surface area contributed by atoms with Crippen LogP contribution in [0, 0.1) is 0 Å². The SMILES string of the molecule is CC(=O)O.CC(=O)O.CC(=O)O.CCCCCCCCCCCCNCCN.[H-].[Na+]. The Hall–Kier alpha value is -0.670. The number of aliphatic carboxylic acids is 3. The van der Waals surface area contributed by atoms with Crippen LogP contribution in [0.4, 0.5) is 0 Å². The second kappa shape index (κ2) is 38.0. The minimum atomic E-state index is -0.833. The van der Waals surface area contributed by atoms with Crippen molar-refractivity contribution in [2.24, 2.45) is 5.73 Å². The van der Waals surface area contributed by atoms with Crippen LogP contribution in [0.2, 0.25) is 0 Å². The maximum Gasteiger partial charge on any atom is 1.00 e. The number of nitrogens with two attached hydrogens (primary N) is 1. The number of carbonyl (C=O) groups is 3. The van der Waals surface area contributed by atoms with Gasteiger partial charge in [-0.15, -0.1) is 0 Å². The molecule has 0 aliphatic heterocycles. The van der Waals surface area contributed by atoms with E-state index in [1.54, 1.807) is 0 Å². The first kappa shape index (κ1) is 38.9. The molecule has 0 aliphatic carbocycles. The van der Waals surface area contributed by atoms with E-state index >= 15 is 0 Å². The number of rotatable bonds is 13. The summed E-state index contributed by atoms with van der Waals surface area (Å²) < 4.78 is 0. The summed E-state index contributed by atoms with van der Waals surface area (Å²) in [5.41, 5.74) is 5.40. The van der Waals surface area contributed by atoms with E-state index in [0.29, 0.717) is 0 Å². The molecule has 6 N–H and O–H groups in total. The molecule has 0 rings (SSSR count). The third-order valence-corrected chi connectivity index (χ3v) is 3.03. The standard InChI is InChI=1S/C14H32N2.3C2H4O2.Na.H/c1-2-3-4-5-6-7-8-9-10-11-13-16-14-12-15;3*1-2(3)4;;/h16H,2-15H2,1H3;3*1H3,(H,3,4);;/q;;;;+1;-1. The Kier molecular flexibility index (Phi) is 50.9. The molecule has 172 valence electrons. The first-order valence-electron chi connectivity index (χ1n) is 10.1. The zero-order chi connectivity index (χ0) is 22.6. The maximum absolute atomic E-state index is 9.00. The second-order valence-electron chi connectivity index (χ2n) is 6.28. The molecule has 0 radical (unpaired) electrons. The molecule has 0 saturated carbocycles. The Balaban J connectivity index is -0.0000000851. The van der Waals surface area contributed by atoms with Crippen LogP contribution in [0.15, 0.2) is 0 Å². The van der Waals surface area contributed by atoms with Crippen LogP contribution in [-0.2, 0) is 14.4 Å². The third-order valence-electron chi connectivity index (χ3n) is 3.03. The van der Waals surface area contributed by atoms with Gasteiger partial charge in [-0.2, -0.15) is 0 Å². The molecule has 0 unspecified atom stereocenters. The fourth-order valence-corrected chi connectivity index (χ4v) is 1.96. The number of hydrogen-bond acceptors (Lipinski definition) is 5. The van der Waals surface area contributed by atoms with Gasteiger partial charge in [0.1, 0.15) is 0 Å². The third kappa shape index (κ3) is 115. The van der Waals surface area contributed by atoms with E-state index in [4.69, 9.17) is 35.4 Å². The number of unbranched alkanes of at least 4 members (excludes halogenated alkanes) is 9. The van der Waals surface area contributed by atoms with E-state index in [-0.39, 0.29) is 31.0 Å². The maximum atomic E-state index is 9.00. The summed E-state index contributed by atoms with van der Waals surface area (Å²) >= 11 is 0. The van der Waals surface area contributed by atoms with Crippen LogP contribution >= 0.6 is 0 Å². The van der Waals surface area contributed by atoms with Crippen molar-refractivity contribution >= 4 is 17.9 Å². The predicted octanol–water partition coefficient (Wildman–Crippen LogP) is 0.845. The minimum Gasteiger partial charge on any atom is -1.00 e. The molecule has 0 aromatic carbocycles. The molecule has 0 amide bonds. The fraction of sp³-hybridized carbons (Fsp3) is 0.850. The molecule has 0 bridgehead atoms. The van der Waals surface area contributed by atoms with Gasteiger partial charge in [-0.1, -0.05) is 64.7 Å². The quantitative estimate of drug-likeness (QED) is 0.212. The molecule has 9 heteroatoms. The summed E-state index contributed by atoms with van der Waals surface area (Å²) in [7, 11) is 0. The number of nitrogens with one attached hydrogen (secondary N) is 1. The van der Waals surface area contributed by atoms with Gasteiger partial charge in [0.2, 0.25) is 0 Å². The van der Waals surface area contributed by atoms with Gasteiger partial charge in [0, 0.05) is 33.9 Å². The molecular formula is C20H45N2NaO6. The summed E-state index contributed by atoms with van der Waals surface area (Å²) in [4.78, 5) is 27.0. The average Bonchev–Trinajstić information content (AvgIpc) is 2.54. The van der Waals surface area contributed by atoms with Gasteiger partial charge in [-0.25, -0.2) is 0 Å². The van der Waals surface area contributed by atoms with Crippen molar-refractivity contribution in [3.63, 3.8) is 0 Å². The van der Waals surface area contributed by atoms with E-state index in [9.17, 15) is 0 Å². The molecule has 0 spiro atoms. The summed E-state index contributed by atoms with van der Waals surface area (Å²) in [6.07, 6.45) is 14.1. The molecule has 0 heterocycles. The van der Waals surface area contributed by atoms with Gasteiger partial charge in [0.25, 0.3) is 17.9 Å². The van der Waals surface area contributed by atoms with Crippen molar-refractivity contribution in [3.05, 3.63) is 0 Å². The minimum absolute atomic E-state index is 0. The van der Waals surface area contributed by atoms with Crippen molar-refractivity contribution in [1.82, 2.24) is 5.32 Å². The van der Waals surface area contributed by atoms with Gasteiger partial charge < -0.3 is 27.8 Å². The number of hydrogen-bond donors (Lipinski definition) is 5. The van der Waals surface area contributed by atoms with Crippen LogP contribution in [0.1, 0.15) is 93.3 Å². The van der Waals surface area contributed by atoms with Crippen LogP contribution < -0.4 is 40.6 Å². The van der Waals surface area contributed by atoms with Crippen molar-refractivity contribution in [2.45, 2.75) is 91.9 Å². The molecule has 0 aliphatic rings. The summed E-state index contributed by atoms with van der Waals surface area (Å²) in [6.45, 7) is 8.40. The van der Waals surface area contributed by atoms with Crippen molar-refractivity contribution in [2.75, 3.05) is 19.6 Å². The Bertz CT molecular complexity index is 297. The van der Waals surface area contributed by atoms with Gasteiger partial charge in [0.15, 0.2) is 0 Å². The Morgan fingerprint density at radius 3 is 1.24 bits per heavy atom. The van der Waals surface area contributed by atoms with Crippen molar-refractivity contribution in [1.29, 1.82) is 0 Å². The van der Waals surface area contributed by atoms with E-state index in [1.807, 2.05) is 0 Å². The summed E-state index contributed by atoms with van der Waals surface area (Å²) in [5.74, 6) is -2.50. The normalized spacial score (nSPS) is 8.59. The van der Waals surface area contributed by atoms with Crippen molar-refractivity contribution in [3.8, 4) is 0 Å². The van der Waals surface area contributed by atoms with E-state index in [1.165, 1.54) is 64.2 Å². The Labute approximate surface area is 200 Å². The largest absolute Gasteiger partial charge is 1.00 e. The molecule has 29 heavy (non-hydrogen) atoms. The van der Waals surface area contributed by atoms with Crippen molar-refractivity contribution < 1.29 is 60.7 Å². The topological polar surface area (TPSA) is 150 Å². The van der Waals surface area contributed by atoms with E-state index in [0.717, 1.165) is 40.4 Å². The zero-order valence-electron chi connectivity index (χ0n) is 20.3. The van der Waals surface area contributed by atoms with Crippen LogP contribution in [0.3, 0.4) is 0 Å². The van der Waals surface area contributed by atoms with Gasteiger partial charge in [-0.3, -0.25) is 14.4 Å². The second-order valence-corrected chi connectivity index (χ2v) is 6.28. The Morgan fingerprint density at radius 1 is 0.690 bits per heavy atom. The molecule has 0 aromatic heterocycles. The first-order valence-corrected chi connectivity index (χ1v) is 10.1. The molecule has 0 fully saturated rings. The van der Waals surface area contributed by atoms with Gasteiger partial charge in [0.05, 0.1) is 0 Å². The first-order chi connectivity index (χ1) is 13.1. The van der Waals surface area contributed by atoms with Gasteiger partial charge >= 0.3 is 29.6 Å². The van der Waals surface area contributed by atoms with Crippen LogP contribution in [0.5, 0.6) is 0 Å². The molecular weight excluding hydrogens is 387 g/mol. The number of carboxylic acids is 3. The molecule has 0 atom stereocenters. The van der Waals surface area contributed by atoms with E-state index < -0.39 is 17.9 Å². The Morgan fingerprint density at radius 2 is 0.966 bits per heavy atom. The monoisotopic (exact) mass is 432 g/mol. The summed E-state index contributed by atoms with van der Waals surface area (Å²) in [6, 6.07) is 0. The molecule has 8 nitrogen and oxygen atoms in total.